The predicted octanol–water partition coefficient (Wildman–Crippen LogP) is 2.38. The van der Waals surface area contributed by atoms with Crippen molar-refractivity contribution in [2.45, 2.75) is 44.4 Å². The Labute approximate surface area is 96.7 Å². The highest BCUT2D eigenvalue weighted by Crippen LogP contribution is 2.49. The Bertz CT molecular complexity index is 399. The number of benzene rings is 1. The molecular formula is C14H19NO. The molecule has 0 saturated heterocycles. The van der Waals surface area contributed by atoms with Gasteiger partial charge in [0.2, 0.25) is 0 Å². The number of fused-ring (bicyclic) bond motifs is 1. The van der Waals surface area contributed by atoms with E-state index < -0.39 is 5.60 Å². The first-order valence-electron chi connectivity index (χ1n) is 6.29. The van der Waals surface area contributed by atoms with Crippen molar-refractivity contribution in [3.05, 3.63) is 35.4 Å². The third-order valence-corrected chi connectivity index (χ3v) is 4.21. The van der Waals surface area contributed by atoms with Gasteiger partial charge in [0.1, 0.15) is 0 Å². The summed E-state index contributed by atoms with van der Waals surface area (Å²) in [6, 6.07) is 8.60. The van der Waals surface area contributed by atoms with Crippen molar-refractivity contribution < 1.29 is 5.11 Å². The van der Waals surface area contributed by atoms with Crippen molar-refractivity contribution in [3.8, 4) is 0 Å². The lowest BCUT2D eigenvalue weighted by Crippen LogP contribution is -2.42. The Morgan fingerprint density at radius 1 is 1.38 bits per heavy atom. The molecule has 1 aliphatic heterocycles. The molecule has 0 spiro atoms. The maximum absolute atomic E-state index is 10.8. The van der Waals surface area contributed by atoms with Crippen LogP contribution in [0.1, 0.15) is 43.4 Å². The standard InChI is InChI=1S/C14H19NO/c1-2-14(16,11-7-8-11)13-12-6-4-3-5-10(12)9-15-13/h3-6,11,13,15-16H,2,7-9H2,1H3. The van der Waals surface area contributed by atoms with E-state index in [1.54, 1.807) is 0 Å². The van der Waals surface area contributed by atoms with E-state index in [9.17, 15) is 5.11 Å². The molecule has 2 nitrogen and oxygen atoms in total. The van der Waals surface area contributed by atoms with Crippen LogP contribution >= 0.6 is 0 Å². The average molecular weight is 217 g/mol. The van der Waals surface area contributed by atoms with Gasteiger partial charge < -0.3 is 10.4 Å². The van der Waals surface area contributed by atoms with Crippen molar-refractivity contribution >= 4 is 0 Å². The number of hydrogen-bond acceptors (Lipinski definition) is 2. The molecule has 2 atom stereocenters. The van der Waals surface area contributed by atoms with Crippen LogP contribution in [0.4, 0.5) is 0 Å². The van der Waals surface area contributed by atoms with E-state index in [0.717, 1.165) is 13.0 Å². The van der Waals surface area contributed by atoms with Gasteiger partial charge in [0.25, 0.3) is 0 Å². The van der Waals surface area contributed by atoms with Gasteiger partial charge in [0.15, 0.2) is 0 Å². The predicted molar refractivity (Wildman–Crippen MR) is 64.0 cm³/mol. The normalized spacial score (nSPS) is 27.5. The lowest BCUT2D eigenvalue weighted by atomic mass is 9.83. The van der Waals surface area contributed by atoms with Gasteiger partial charge in [0, 0.05) is 6.54 Å². The summed E-state index contributed by atoms with van der Waals surface area (Å²) in [6.07, 6.45) is 3.21. The molecule has 1 fully saturated rings. The van der Waals surface area contributed by atoms with Crippen LogP contribution in [0.15, 0.2) is 24.3 Å². The van der Waals surface area contributed by atoms with Crippen LogP contribution in [0.25, 0.3) is 0 Å². The molecule has 0 aromatic heterocycles. The summed E-state index contributed by atoms with van der Waals surface area (Å²) in [5, 5.41) is 14.3. The highest BCUT2D eigenvalue weighted by molar-refractivity contribution is 5.36. The first kappa shape index (κ1) is 10.3. The third kappa shape index (κ3) is 1.40. The van der Waals surface area contributed by atoms with Gasteiger partial charge in [-0.05, 0) is 36.3 Å². The smallest absolute Gasteiger partial charge is 0.0867 e. The van der Waals surface area contributed by atoms with E-state index in [-0.39, 0.29) is 6.04 Å². The third-order valence-electron chi connectivity index (χ3n) is 4.21. The number of hydrogen-bond donors (Lipinski definition) is 2. The summed E-state index contributed by atoms with van der Waals surface area (Å²) in [5.74, 6) is 0.501. The van der Waals surface area contributed by atoms with Crippen LogP contribution in [0.2, 0.25) is 0 Å². The molecule has 1 aromatic carbocycles. The molecule has 2 unspecified atom stereocenters. The van der Waals surface area contributed by atoms with Crippen molar-refractivity contribution in [2.24, 2.45) is 5.92 Å². The molecule has 0 bridgehead atoms. The second-order valence-corrected chi connectivity index (χ2v) is 5.13. The lowest BCUT2D eigenvalue weighted by Gasteiger charge is -2.34. The molecular weight excluding hydrogens is 198 g/mol. The zero-order valence-corrected chi connectivity index (χ0v) is 9.74. The quantitative estimate of drug-likeness (QED) is 0.814. The van der Waals surface area contributed by atoms with Crippen LogP contribution in [-0.4, -0.2) is 10.7 Å². The summed E-state index contributed by atoms with van der Waals surface area (Å²) >= 11 is 0. The molecule has 2 heteroatoms. The lowest BCUT2D eigenvalue weighted by molar-refractivity contribution is -0.0213. The summed E-state index contributed by atoms with van der Waals surface area (Å²) in [6.45, 7) is 3.00. The Kier molecular flexibility index (Phi) is 2.30. The first-order valence-corrected chi connectivity index (χ1v) is 6.29. The van der Waals surface area contributed by atoms with Gasteiger partial charge in [-0.25, -0.2) is 0 Å². The van der Waals surface area contributed by atoms with Gasteiger partial charge >= 0.3 is 0 Å². The minimum atomic E-state index is -0.535. The van der Waals surface area contributed by atoms with Crippen molar-refractivity contribution in [3.63, 3.8) is 0 Å². The molecule has 16 heavy (non-hydrogen) atoms. The van der Waals surface area contributed by atoms with Crippen molar-refractivity contribution in [1.29, 1.82) is 0 Å². The number of nitrogens with one attached hydrogen (secondary N) is 1. The molecule has 3 rings (SSSR count). The molecule has 0 radical (unpaired) electrons. The highest BCUT2D eigenvalue weighted by Gasteiger charge is 2.49. The highest BCUT2D eigenvalue weighted by atomic mass is 16.3. The molecule has 86 valence electrons. The largest absolute Gasteiger partial charge is 0.388 e. The maximum Gasteiger partial charge on any atom is 0.0867 e. The zero-order chi connectivity index (χ0) is 11.2. The minimum Gasteiger partial charge on any atom is -0.388 e. The number of rotatable bonds is 3. The van der Waals surface area contributed by atoms with Gasteiger partial charge in [-0.1, -0.05) is 31.2 Å². The van der Waals surface area contributed by atoms with Crippen LogP contribution in [0.3, 0.4) is 0 Å². The van der Waals surface area contributed by atoms with E-state index in [1.807, 2.05) is 0 Å². The minimum absolute atomic E-state index is 0.140. The second-order valence-electron chi connectivity index (χ2n) is 5.13. The Morgan fingerprint density at radius 3 is 2.81 bits per heavy atom. The van der Waals surface area contributed by atoms with E-state index in [4.69, 9.17) is 0 Å². The average Bonchev–Trinajstić information content (AvgIpc) is 3.08. The number of aliphatic hydroxyl groups is 1. The van der Waals surface area contributed by atoms with Crippen LogP contribution < -0.4 is 5.32 Å². The van der Waals surface area contributed by atoms with Crippen molar-refractivity contribution in [2.75, 3.05) is 0 Å². The van der Waals surface area contributed by atoms with E-state index in [2.05, 4.69) is 36.5 Å². The van der Waals surface area contributed by atoms with Gasteiger partial charge in [-0.2, -0.15) is 0 Å². The van der Waals surface area contributed by atoms with Gasteiger partial charge in [0.05, 0.1) is 11.6 Å². The van der Waals surface area contributed by atoms with E-state index in [0.29, 0.717) is 5.92 Å². The second kappa shape index (κ2) is 3.57. The Hall–Kier alpha value is -0.860. The molecule has 2 N–H and O–H groups in total. The SMILES string of the molecule is CCC(O)(C1CC1)C1NCc2ccccc21. The first-order chi connectivity index (χ1) is 7.75. The Morgan fingerprint density at radius 2 is 2.12 bits per heavy atom. The summed E-state index contributed by atoms with van der Waals surface area (Å²) in [7, 11) is 0. The van der Waals surface area contributed by atoms with Gasteiger partial charge in [-0.15, -0.1) is 0 Å². The monoisotopic (exact) mass is 217 g/mol. The van der Waals surface area contributed by atoms with E-state index >= 15 is 0 Å². The summed E-state index contributed by atoms with van der Waals surface area (Å²) < 4.78 is 0. The van der Waals surface area contributed by atoms with Crippen LogP contribution in [0, 0.1) is 5.92 Å². The fourth-order valence-electron chi connectivity index (χ4n) is 3.06. The fraction of sp³-hybridized carbons (Fsp3) is 0.571. The maximum atomic E-state index is 10.8. The van der Waals surface area contributed by atoms with Gasteiger partial charge in [-0.3, -0.25) is 0 Å². The molecule has 1 saturated carbocycles. The van der Waals surface area contributed by atoms with Crippen LogP contribution in [0.5, 0.6) is 0 Å². The van der Waals surface area contributed by atoms with E-state index in [1.165, 1.54) is 24.0 Å². The van der Waals surface area contributed by atoms with Crippen molar-refractivity contribution in [1.82, 2.24) is 5.32 Å². The summed E-state index contributed by atoms with van der Waals surface area (Å²) in [4.78, 5) is 0. The fourth-order valence-corrected chi connectivity index (χ4v) is 3.06. The molecule has 1 aliphatic carbocycles. The Balaban J connectivity index is 1.96. The summed E-state index contributed by atoms with van der Waals surface area (Å²) in [5.41, 5.74) is 2.12. The molecule has 1 heterocycles. The van der Waals surface area contributed by atoms with Crippen LogP contribution in [-0.2, 0) is 6.54 Å². The molecule has 1 aromatic rings. The topological polar surface area (TPSA) is 32.3 Å². The molecule has 2 aliphatic rings. The molecule has 0 amide bonds. The zero-order valence-electron chi connectivity index (χ0n) is 9.74.